The van der Waals surface area contributed by atoms with Crippen molar-refractivity contribution in [3.8, 4) is 17.5 Å². The molecular formula is C24H26N6O. The van der Waals surface area contributed by atoms with Crippen molar-refractivity contribution >= 4 is 11.7 Å². The molecule has 0 saturated carbocycles. The van der Waals surface area contributed by atoms with Crippen molar-refractivity contribution in [3.63, 3.8) is 0 Å². The van der Waals surface area contributed by atoms with Gasteiger partial charge in [-0.05, 0) is 37.3 Å². The molecule has 2 aromatic carbocycles. The van der Waals surface area contributed by atoms with E-state index in [0.717, 1.165) is 31.4 Å². The number of hydrogen-bond donors (Lipinski definition) is 2. The van der Waals surface area contributed by atoms with E-state index in [0.29, 0.717) is 12.2 Å². The highest BCUT2D eigenvalue weighted by Gasteiger charge is 2.28. The van der Waals surface area contributed by atoms with E-state index in [-0.39, 0.29) is 17.4 Å². The van der Waals surface area contributed by atoms with E-state index in [4.69, 9.17) is 11.5 Å². The Hall–Kier alpha value is -3.79. The average molecular weight is 415 g/mol. The summed E-state index contributed by atoms with van der Waals surface area (Å²) in [7, 11) is 0. The van der Waals surface area contributed by atoms with Gasteiger partial charge in [-0.3, -0.25) is 4.79 Å². The molecule has 1 atom stereocenters. The number of nitrogens with zero attached hydrogens (tertiary/aromatic N) is 4. The minimum Gasteiger partial charge on any atom is -0.383 e. The number of carbonyl (C=O) groups is 1. The average Bonchev–Trinajstić information content (AvgIpc) is 3.12. The monoisotopic (exact) mass is 414 g/mol. The molecule has 1 fully saturated rings. The summed E-state index contributed by atoms with van der Waals surface area (Å²) in [6, 6.07) is 16.3. The Labute approximate surface area is 181 Å². The Morgan fingerprint density at radius 2 is 2.00 bits per heavy atom. The third-order valence-corrected chi connectivity index (χ3v) is 5.80. The van der Waals surface area contributed by atoms with Crippen LogP contribution in [0.15, 0.2) is 48.5 Å². The minimum atomic E-state index is -0.601. The number of rotatable bonds is 5. The van der Waals surface area contributed by atoms with Gasteiger partial charge < -0.3 is 16.4 Å². The van der Waals surface area contributed by atoms with Crippen molar-refractivity contribution in [2.75, 3.05) is 18.8 Å². The summed E-state index contributed by atoms with van der Waals surface area (Å²) in [4.78, 5) is 13.9. The molecule has 1 aromatic heterocycles. The summed E-state index contributed by atoms with van der Waals surface area (Å²) in [5.74, 6) is -0.341. The molecule has 0 aliphatic carbocycles. The lowest BCUT2D eigenvalue weighted by atomic mass is 10.0. The van der Waals surface area contributed by atoms with Crippen molar-refractivity contribution in [1.82, 2.24) is 14.7 Å². The van der Waals surface area contributed by atoms with Gasteiger partial charge in [0, 0.05) is 12.1 Å². The molecule has 1 amide bonds. The first-order valence-electron chi connectivity index (χ1n) is 10.4. The Bertz CT molecular complexity index is 1140. The second-order valence-corrected chi connectivity index (χ2v) is 8.12. The summed E-state index contributed by atoms with van der Waals surface area (Å²) in [6.07, 6.45) is 4.73. The van der Waals surface area contributed by atoms with Crippen LogP contribution in [0.4, 0.5) is 5.82 Å². The van der Waals surface area contributed by atoms with Crippen LogP contribution in [0.2, 0.25) is 0 Å². The fraction of sp³-hybridized carbons (Fsp3) is 0.292. The van der Waals surface area contributed by atoms with Gasteiger partial charge in [0.25, 0.3) is 5.91 Å². The van der Waals surface area contributed by atoms with Crippen molar-refractivity contribution in [2.45, 2.75) is 32.2 Å². The van der Waals surface area contributed by atoms with Crippen LogP contribution < -0.4 is 11.5 Å². The first kappa shape index (κ1) is 20.5. The number of primary amides is 1. The van der Waals surface area contributed by atoms with Gasteiger partial charge in [-0.25, -0.2) is 4.68 Å². The number of aromatic nitrogens is 2. The number of carbonyl (C=O) groups excluding carboxylic acids is 1. The molecular weight excluding hydrogens is 388 g/mol. The van der Waals surface area contributed by atoms with E-state index >= 15 is 0 Å². The Kier molecular flexibility index (Phi) is 5.63. The number of anilines is 1. The maximum absolute atomic E-state index is 12.2. The van der Waals surface area contributed by atoms with Gasteiger partial charge in [0.15, 0.2) is 6.19 Å². The molecule has 0 unspecified atom stereocenters. The van der Waals surface area contributed by atoms with Crippen LogP contribution in [0, 0.1) is 18.4 Å². The Balaban J connectivity index is 1.64. The third kappa shape index (κ3) is 4.24. The lowest BCUT2D eigenvalue weighted by Crippen LogP contribution is -2.34. The van der Waals surface area contributed by atoms with Crippen molar-refractivity contribution < 1.29 is 4.79 Å². The number of hydrogen-bond acceptors (Lipinski definition) is 5. The lowest BCUT2D eigenvalue weighted by Gasteiger charge is -2.29. The van der Waals surface area contributed by atoms with E-state index in [2.05, 4.69) is 42.5 Å². The molecule has 7 heteroatoms. The molecule has 0 spiro atoms. The molecule has 4 N–H and O–H groups in total. The quantitative estimate of drug-likeness (QED) is 0.622. The number of nitrogens with two attached hydrogens (primary N) is 2. The van der Waals surface area contributed by atoms with E-state index in [9.17, 15) is 10.1 Å². The highest BCUT2D eigenvalue weighted by atomic mass is 16.1. The zero-order chi connectivity index (χ0) is 22.0. The predicted octanol–water partition coefficient (Wildman–Crippen LogP) is 3.25. The number of aryl methyl sites for hydroxylation is 1. The van der Waals surface area contributed by atoms with Crippen LogP contribution in [-0.4, -0.2) is 33.7 Å². The summed E-state index contributed by atoms with van der Waals surface area (Å²) in [5, 5.41) is 13.9. The van der Waals surface area contributed by atoms with Gasteiger partial charge >= 0.3 is 0 Å². The molecule has 1 aliphatic heterocycles. The number of likely N-dealkylation sites (tertiary alicyclic amines) is 1. The standard InChI is InChI=1S/C24H26N6O/c1-16-4-2-5-18(12-16)13-17-7-9-19(10-8-17)22-21(24(27)31)23(26)30(28-22)20-6-3-11-29(14-20)15-25/h2,4-5,7-10,12,20H,3,6,11,13-14,26H2,1H3,(H2,27,31)/t20-/m1/s1. The molecule has 0 radical (unpaired) electrons. The van der Waals surface area contributed by atoms with Crippen LogP contribution in [0.25, 0.3) is 11.3 Å². The fourth-order valence-electron chi connectivity index (χ4n) is 4.25. The van der Waals surface area contributed by atoms with Gasteiger partial charge in [-0.1, -0.05) is 54.1 Å². The third-order valence-electron chi connectivity index (χ3n) is 5.80. The van der Waals surface area contributed by atoms with Gasteiger partial charge in [0.1, 0.15) is 17.1 Å². The summed E-state index contributed by atoms with van der Waals surface area (Å²) >= 11 is 0. The molecule has 1 saturated heterocycles. The lowest BCUT2D eigenvalue weighted by molar-refractivity contribution is 0.100. The van der Waals surface area contributed by atoms with E-state index in [1.54, 1.807) is 9.58 Å². The van der Waals surface area contributed by atoms with Crippen LogP contribution in [-0.2, 0) is 6.42 Å². The van der Waals surface area contributed by atoms with Crippen molar-refractivity contribution in [3.05, 3.63) is 70.8 Å². The highest BCUT2D eigenvalue weighted by molar-refractivity contribution is 6.03. The zero-order valence-corrected chi connectivity index (χ0v) is 17.6. The van der Waals surface area contributed by atoms with Crippen LogP contribution in [0.3, 0.4) is 0 Å². The van der Waals surface area contributed by atoms with Gasteiger partial charge in [0.2, 0.25) is 0 Å². The SMILES string of the molecule is Cc1cccc(Cc2ccc(-c3nn([C@@H]4CCCN(C#N)C4)c(N)c3C(N)=O)cc2)c1. The van der Waals surface area contributed by atoms with Gasteiger partial charge in [0.05, 0.1) is 12.6 Å². The number of benzene rings is 2. The highest BCUT2D eigenvalue weighted by Crippen LogP contribution is 2.32. The zero-order valence-electron chi connectivity index (χ0n) is 17.6. The molecule has 0 bridgehead atoms. The number of nitrogen functional groups attached to an aromatic ring is 1. The smallest absolute Gasteiger partial charge is 0.254 e. The van der Waals surface area contributed by atoms with E-state index < -0.39 is 5.91 Å². The largest absolute Gasteiger partial charge is 0.383 e. The van der Waals surface area contributed by atoms with Crippen LogP contribution in [0.5, 0.6) is 0 Å². The van der Waals surface area contributed by atoms with Crippen molar-refractivity contribution in [1.29, 1.82) is 5.26 Å². The predicted molar refractivity (Wildman–Crippen MR) is 120 cm³/mol. The fourth-order valence-corrected chi connectivity index (χ4v) is 4.25. The number of piperidine rings is 1. The normalized spacial score (nSPS) is 16.1. The molecule has 3 aromatic rings. The van der Waals surface area contributed by atoms with Gasteiger partial charge in [-0.2, -0.15) is 10.4 Å². The van der Waals surface area contributed by atoms with Gasteiger partial charge in [-0.15, -0.1) is 0 Å². The van der Waals surface area contributed by atoms with E-state index in [1.165, 1.54) is 16.7 Å². The van der Waals surface area contributed by atoms with E-state index in [1.807, 2.05) is 24.3 Å². The Morgan fingerprint density at radius 1 is 1.23 bits per heavy atom. The Morgan fingerprint density at radius 3 is 2.68 bits per heavy atom. The van der Waals surface area contributed by atoms with Crippen LogP contribution in [0.1, 0.15) is 45.9 Å². The summed E-state index contributed by atoms with van der Waals surface area (Å²) in [5.41, 5.74) is 17.1. The molecule has 31 heavy (non-hydrogen) atoms. The summed E-state index contributed by atoms with van der Waals surface area (Å²) < 4.78 is 1.67. The van der Waals surface area contributed by atoms with Crippen LogP contribution >= 0.6 is 0 Å². The number of amides is 1. The molecule has 7 nitrogen and oxygen atoms in total. The molecule has 2 heterocycles. The topological polar surface area (TPSA) is 114 Å². The second kappa shape index (κ2) is 8.52. The summed E-state index contributed by atoms with van der Waals surface area (Å²) in [6.45, 7) is 3.34. The minimum absolute atomic E-state index is 0.0687. The number of nitriles is 1. The van der Waals surface area contributed by atoms with Crippen molar-refractivity contribution in [2.24, 2.45) is 5.73 Å². The first-order valence-corrected chi connectivity index (χ1v) is 10.4. The first-order chi connectivity index (χ1) is 15.0. The molecule has 4 rings (SSSR count). The maximum Gasteiger partial charge on any atom is 0.254 e. The molecule has 1 aliphatic rings. The maximum atomic E-state index is 12.2. The molecule has 158 valence electrons. The second-order valence-electron chi connectivity index (χ2n) is 8.12.